The molecule has 0 saturated heterocycles. The number of rotatable bonds is 5. The van der Waals surface area contributed by atoms with Crippen molar-refractivity contribution in [2.24, 2.45) is 10.1 Å². The summed E-state index contributed by atoms with van der Waals surface area (Å²) in [4.78, 5) is 12.5. The number of nitrogens with zero attached hydrogens (tertiary/aromatic N) is 1. The molecule has 0 radical (unpaired) electrons. The van der Waals surface area contributed by atoms with Gasteiger partial charge in [0.05, 0.1) is 16.8 Å². The Balaban J connectivity index is 1.74. The number of amidine groups is 1. The second-order valence-corrected chi connectivity index (χ2v) is 8.57. The molecule has 0 bridgehead atoms. The van der Waals surface area contributed by atoms with E-state index in [1.165, 1.54) is 0 Å². The van der Waals surface area contributed by atoms with E-state index >= 15 is 0 Å². The minimum absolute atomic E-state index is 0.140. The third-order valence-corrected chi connectivity index (χ3v) is 4.98. The maximum Gasteiger partial charge on any atom is 0.344 e. The summed E-state index contributed by atoms with van der Waals surface area (Å²) in [5.41, 5.74) is 7.36. The van der Waals surface area contributed by atoms with Crippen LogP contribution in [0, 0.1) is 6.92 Å². The summed E-state index contributed by atoms with van der Waals surface area (Å²) < 4.78 is 35.0. The van der Waals surface area contributed by atoms with Crippen molar-refractivity contribution in [1.29, 1.82) is 0 Å². The molecular formula is C19H22N4O4S. The Labute approximate surface area is 164 Å². The average Bonchev–Trinajstić information content (AvgIpc) is 2.58. The van der Waals surface area contributed by atoms with E-state index in [9.17, 15) is 13.2 Å². The van der Waals surface area contributed by atoms with E-state index in [0.717, 1.165) is 5.56 Å². The largest absolute Gasteiger partial charge is 0.490 e. The first-order valence-electron chi connectivity index (χ1n) is 8.60. The first kappa shape index (κ1) is 19.7. The van der Waals surface area contributed by atoms with Crippen LogP contribution in [0.1, 0.15) is 35.3 Å². The Kier molecular flexibility index (Phi) is 5.03. The van der Waals surface area contributed by atoms with Crippen molar-refractivity contribution < 1.29 is 17.9 Å². The number of hydrogen-bond acceptors (Lipinski definition) is 5. The van der Waals surface area contributed by atoms with Crippen molar-refractivity contribution in [1.82, 2.24) is 5.32 Å². The van der Waals surface area contributed by atoms with Crippen LogP contribution in [0.4, 0.5) is 5.69 Å². The van der Waals surface area contributed by atoms with Gasteiger partial charge in [-0.05, 0) is 45.0 Å². The Hall–Kier alpha value is -3.07. The van der Waals surface area contributed by atoms with E-state index in [1.807, 2.05) is 39.0 Å². The molecule has 0 spiro atoms. The zero-order chi connectivity index (χ0) is 20.5. The van der Waals surface area contributed by atoms with E-state index < -0.39 is 15.7 Å². The van der Waals surface area contributed by atoms with Crippen LogP contribution in [0.2, 0.25) is 0 Å². The number of aryl methyl sites for hydroxylation is 1. The number of amides is 1. The summed E-state index contributed by atoms with van der Waals surface area (Å²) in [6, 6.07) is 12.2. The first-order valence-corrected chi connectivity index (χ1v) is 10.0. The molecule has 0 fully saturated rings. The van der Waals surface area contributed by atoms with Gasteiger partial charge >= 0.3 is 10.2 Å². The number of benzene rings is 2. The summed E-state index contributed by atoms with van der Waals surface area (Å²) >= 11 is 0. The summed E-state index contributed by atoms with van der Waals surface area (Å²) in [6.07, 6.45) is 0. The van der Waals surface area contributed by atoms with Crippen LogP contribution in [0.5, 0.6) is 5.75 Å². The standard InChI is InChI=1S/C19H22N4O4S/c1-12-6-4-7-13(10-12)18(24)21-19(2,3)11-27-15-9-5-8-14-16(15)17(20)23-28(25,26)22-14/h4-10,22H,11H2,1-3H3,(H2,20,23)(H,21,24). The fourth-order valence-electron chi connectivity index (χ4n) is 2.80. The molecule has 1 amide bonds. The van der Waals surface area contributed by atoms with Crippen LogP contribution in [-0.2, 0) is 10.2 Å². The monoisotopic (exact) mass is 402 g/mol. The molecule has 1 aliphatic heterocycles. The lowest BCUT2D eigenvalue weighted by molar-refractivity contribution is 0.0880. The summed E-state index contributed by atoms with van der Waals surface area (Å²) in [5, 5.41) is 2.94. The second-order valence-electron chi connectivity index (χ2n) is 7.23. The van der Waals surface area contributed by atoms with Gasteiger partial charge in [-0.1, -0.05) is 23.8 Å². The molecule has 0 unspecified atom stereocenters. The highest BCUT2D eigenvalue weighted by Crippen LogP contribution is 2.30. The highest BCUT2D eigenvalue weighted by atomic mass is 32.2. The van der Waals surface area contributed by atoms with Crippen LogP contribution in [0.15, 0.2) is 46.9 Å². The van der Waals surface area contributed by atoms with Crippen molar-refractivity contribution >= 4 is 27.6 Å². The van der Waals surface area contributed by atoms with Gasteiger partial charge in [0.2, 0.25) is 0 Å². The van der Waals surface area contributed by atoms with Gasteiger partial charge in [-0.3, -0.25) is 9.52 Å². The molecule has 8 nitrogen and oxygen atoms in total. The minimum atomic E-state index is -3.86. The molecule has 148 valence electrons. The van der Waals surface area contributed by atoms with E-state index in [-0.39, 0.29) is 18.3 Å². The maximum absolute atomic E-state index is 12.5. The van der Waals surface area contributed by atoms with Gasteiger partial charge < -0.3 is 15.8 Å². The Morgan fingerprint density at radius 1 is 1.25 bits per heavy atom. The van der Waals surface area contributed by atoms with Gasteiger partial charge in [0.15, 0.2) is 5.84 Å². The van der Waals surface area contributed by atoms with Gasteiger partial charge in [0.1, 0.15) is 12.4 Å². The Morgan fingerprint density at radius 3 is 2.68 bits per heavy atom. The molecule has 0 aliphatic carbocycles. The van der Waals surface area contributed by atoms with Gasteiger partial charge in [-0.25, -0.2) is 0 Å². The smallest absolute Gasteiger partial charge is 0.344 e. The van der Waals surface area contributed by atoms with Crippen molar-refractivity contribution in [3.63, 3.8) is 0 Å². The summed E-state index contributed by atoms with van der Waals surface area (Å²) in [6.45, 7) is 5.72. The SMILES string of the molecule is Cc1cccc(C(=O)NC(C)(C)COc2cccc3c2C(N)=NS(=O)(=O)N3)c1. The lowest BCUT2D eigenvalue weighted by Crippen LogP contribution is -2.48. The predicted octanol–water partition coefficient (Wildman–Crippen LogP) is 1.96. The number of ether oxygens (including phenoxy) is 1. The van der Waals surface area contributed by atoms with Gasteiger partial charge in [0, 0.05) is 5.56 Å². The number of nitrogens with one attached hydrogen (secondary N) is 2. The minimum Gasteiger partial charge on any atom is -0.490 e. The lowest BCUT2D eigenvalue weighted by atomic mass is 10.0. The third kappa shape index (κ3) is 4.42. The molecular weight excluding hydrogens is 380 g/mol. The van der Waals surface area contributed by atoms with Crippen molar-refractivity contribution in [2.75, 3.05) is 11.3 Å². The molecule has 3 rings (SSSR count). The molecule has 2 aromatic carbocycles. The molecule has 9 heteroatoms. The summed E-state index contributed by atoms with van der Waals surface area (Å²) in [7, 11) is -3.86. The topological polar surface area (TPSA) is 123 Å². The molecule has 2 aromatic rings. The lowest BCUT2D eigenvalue weighted by Gasteiger charge is -2.27. The van der Waals surface area contributed by atoms with E-state index in [2.05, 4.69) is 14.4 Å². The molecule has 0 atom stereocenters. The van der Waals surface area contributed by atoms with Crippen LogP contribution in [0.3, 0.4) is 0 Å². The number of anilines is 1. The number of carbonyl (C=O) groups excluding carboxylic acids is 1. The van der Waals surface area contributed by atoms with Crippen LogP contribution in [0.25, 0.3) is 0 Å². The fourth-order valence-corrected chi connectivity index (χ4v) is 3.64. The van der Waals surface area contributed by atoms with Gasteiger partial charge in [0.25, 0.3) is 5.91 Å². The van der Waals surface area contributed by atoms with E-state index in [0.29, 0.717) is 22.6 Å². The normalized spacial score (nSPS) is 15.0. The molecule has 28 heavy (non-hydrogen) atoms. The van der Waals surface area contributed by atoms with E-state index in [4.69, 9.17) is 10.5 Å². The average molecular weight is 402 g/mol. The number of hydrogen-bond donors (Lipinski definition) is 3. The van der Waals surface area contributed by atoms with Crippen LogP contribution < -0.4 is 20.5 Å². The van der Waals surface area contributed by atoms with Crippen molar-refractivity contribution in [2.45, 2.75) is 26.3 Å². The molecule has 1 aliphatic rings. The zero-order valence-electron chi connectivity index (χ0n) is 15.8. The first-order chi connectivity index (χ1) is 13.1. The second kappa shape index (κ2) is 7.16. The number of fused-ring (bicyclic) bond motifs is 1. The highest BCUT2D eigenvalue weighted by molar-refractivity contribution is 7.91. The number of carbonyl (C=O) groups is 1. The fraction of sp³-hybridized carbons (Fsp3) is 0.263. The van der Waals surface area contributed by atoms with Crippen LogP contribution >= 0.6 is 0 Å². The molecule has 4 N–H and O–H groups in total. The van der Waals surface area contributed by atoms with Gasteiger partial charge in [-0.15, -0.1) is 4.40 Å². The summed E-state index contributed by atoms with van der Waals surface area (Å²) in [5.74, 6) is 0.0196. The molecule has 0 saturated carbocycles. The van der Waals surface area contributed by atoms with Crippen LogP contribution in [-0.4, -0.2) is 32.3 Å². The highest BCUT2D eigenvalue weighted by Gasteiger charge is 2.27. The van der Waals surface area contributed by atoms with Crippen molar-refractivity contribution in [3.8, 4) is 5.75 Å². The van der Waals surface area contributed by atoms with E-state index in [1.54, 1.807) is 24.3 Å². The molecule has 1 heterocycles. The predicted molar refractivity (Wildman–Crippen MR) is 108 cm³/mol. The molecule has 0 aromatic heterocycles. The Bertz CT molecular complexity index is 1060. The Morgan fingerprint density at radius 2 is 1.96 bits per heavy atom. The number of nitrogens with two attached hydrogens (primary N) is 1. The van der Waals surface area contributed by atoms with Gasteiger partial charge in [-0.2, -0.15) is 8.42 Å². The van der Waals surface area contributed by atoms with Crippen molar-refractivity contribution in [3.05, 3.63) is 59.2 Å². The zero-order valence-corrected chi connectivity index (χ0v) is 16.6. The maximum atomic E-state index is 12.5. The quantitative estimate of drug-likeness (QED) is 0.705. The third-order valence-electron chi connectivity index (χ3n) is 4.06.